The first-order chi connectivity index (χ1) is 11.8. The van der Waals surface area contributed by atoms with Gasteiger partial charge in [-0.1, -0.05) is 0 Å². The molecule has 3 aromatic rings. The predicted molar refractivity (Wildman–Crippen MR) is 90.1 cm³/mol. The van der Waals surface area contributed by atoms with Crippen LogP contribution in [0.2, 0.25) is 0 Å². The van der Waals surface area contributed by atoms with E-state index in [9.17, 15) is 4.39 Å². The lowest BCUT2D eigenvalue weighted by atomic mass is 10.1. The Balaban J connectivity index is 1.36. The first kappa shape index (κ1) is 14.1. The Morgan fingerprint density at radius 1 is 1.29 bits per heavy atom. The molecule has 1 aliphatic heterocycles. The van der Waals surface area contributed by atoms with Gasteiger partial charge in [-0.3, -0.25) is 4.90 Å². The maximum atomic E-state index is 13.3. The zero-order chi connectivity index (χ0) is 16.1. The molecule has 5 heteroatoms. The first-order valence-corrected chi connectivity index (χ1v) is 8.59. The molecule has 5 rings (SSSR count). The van der Waals surface area contributed by atoms with Crippen LogP contribution in [-0.2, 0) is 19.5 Å². The van der Waals surface area contributed by atoms with E-state index in [4.69, 9.17) is 4.98 Å². The maximum Gasteiger partial charge on any atom is 0.131 e. The Morgan fingerprint density at radius 3 is 3.08 bits per heavy atom. The van der Waals surface area contributed by atoms with E-state index in [1.807, 2.05) is 18.5 Å². The van der Waals surface area contributed by atoms with E-state index in [2.05, 4.69) is 14.9 Å². The summed E-state index contributed by atoms with van der Waals surface area (Å²) in [4.78, 5) is 14.9. The Labute approximate surface area is 139 Å². The number of nitrogens with zero attached hydrogens (tertiary/aromatic N) is 3. The van der Waals surface area contributed by atoms with Gasteiger partial charge in [0.15, 0.2) is 0 Å². The predicted octanol–water partition coefficient (Wildman–Crippen LogP) is 3.53. The van der Waals surface area contributed by atoms with Crippen LogP contribution in [0.4, 0.5) is 4.39 Å². The fraction of sp³-hybridized carbons (Fsp3) is 0.368. The van der Waals surface area contributed by atoms with Crippen LogP contribution in [0, 0.1) is 5.82 Å². The minimum absolute atomic E-state index is 0.202. The molecule has 24 heavy (non-hydrogen) atoms. The summed E-state index contributed by atoms with van der Waals surface area (Å²) in [7, 11) is 0. The second kappa shape index (κ2) is 5.38. The fourth-order valence-corrected chi connectivity index (χ4v) is 3.59. The van der Waals surface area contributed by atoms with Gasteiger partial charge in [0.05, 0.1) is 0 Å². The number of aromatic amines is 1. The van der Waals surface area contributed by atoms with Crippen LogP contribution < -0.4 is 0 Å². The summed E-state index contributed by atoms with van der Waals surface area (Å²) in [5.74, 6) is 1.45. The molecule has 1 fully saturated rings. The van der Waals surface area contributed by atoms with Crippen molar-refractivity contribution in [1.29, 1.82) is 0 Å². The number of benzene rings is 1. The topological polar surface area (TPSA) is 44.8 Å². The van der Waals surface area contributed by atoms with Crippen LogP contribution in [0.15, 0.2) is 30.6 Å². The van der Waals surface area contributed by atoms with Gasteiger partial charge in [0, 0.05) is 66.5 Å². The molecule has 3 heterocycles. The number of halogens is 1. The smallest absolute Gasteiger partial charge is 0.131 e. The lowest BCUT2D eigenvalue weighted by Gasteiger charge is -2.27. The van der Waals surface area contributed by atoms with Gasteiger partial charge < -0.3 is 4.98 Å². The molecule has 2 aromatic heterocycles. The highest BCUT2D eigenvalue weighted by molar-refractivity contribution is 5.83. The van der Waals surface area contributed by atoms with Crippen molar-refractivity contribution in [2.75, 3.05) is 6.54 Å². The molecule has 0 unspecified atom stereocenters. The zero-order valence-corrected chi connectivity index (χ0v) is 13.4. The summed E-state index contributed by atoms with van der Waals surface area (Å²) in [5, 5.41) is 1.10. The van der Waals surface area contributed by atoms with Gasteiger partial charge in [0.25, 0.3) is 0 Å². The molecule has 0 bridgehead atoms. The van der Waals surface area contributed by atoms with E-state index < -0.39 is 0 Å². The van der Waals surface area contributed by atoms with Crippen LogP contribution in [-0.4, -0.2) is 26.4 Å². The van der Waals surface area contributed by atoms with Crippen LogP contribution in [0.3, 0.4) is 0 Å². The Kier molecular flexibility index (Phi) is 3.16. The van der Waals surface area contributed by atoms with Gasteiger partial charge in [-0.25, -0.2) is 14.4 Å². The lowest BCUT2D eigenvalue weighted by Crippen LogP contribution is -2.31. The van der Waals surface area contributed by atoms with Crippen molar-refractivity contribution in [2.24, 2.45) is 0 Å². The first-order valence-electron chi connectivity index (χ1n) is 8.59. The largest absolute Gasteiger partial charge is 0.361 e. The molecule has 0 spiro atoms. The summed E-state index contributed by atoms with van der Waals surface area (Å²) in [6, 6.07) is 4.94. The molecule has 1 aliphatic carbocycles. The highest BCUT2D eigenvalue weighted by Gasteiger charge is 2.28. The van der Waals surface area contributed by atoms with Crippen LogP contribution in [0.5, 0.6) is 0 Å². The van der Waals surface area contributed by atoms with Gasteiger partial charge in [-0.2, -0.15) is 0 Å². The molecular weight excluding hydrogens is 303 g/mol. The van der Waals surface area contributed by atoms with Crippen LogP contribution >= 0.6 is 0 Å². The van der Waals surface area contributed by atoms with Crippen molar-refractivity contribution in [3.63, 3.8) is 0 Å². The molecule has 1 N–H and O–H groups in total. The standard InChI is InChI=1S/C19H19FN4/c20-15-3-4-16-13(8-21-18(16)7-15)10-24-6-5-17-14(11-24)9-22-19(23-17)12-1-2-12/h3-4,7-9,12,21H,1-2,5-6,10-11H2. The molecule has 2 aliphatic rings. The van der Waals surface area contributed by atoms with Gasteiger partial charge in [-0.05, 0) is 36.6 Å². The number of nitrogens with one attached hydrogen (secondary N) is 1. The normalized spacial score (nSPS) is 18.0. The molecule has 0 saturated heterocycles. The molecule has 4 nitrogen and oxygen atoms in total. The number of aromatic nitrogens is 3. The van der Waals surface area contributed by atoms with E-state index in [1.165, 1.54) is 35.7 Å². The fourth-order valence-electron chi connectivity index (χ4n) is 3.59. The number of hydrogen-bond donors (Lipinski definition) is 1. The second-order valence-corrected chi connectivity index (χ2v) is 6.94. The average molecular weight is 322 g/mol. The Bertz CT molecular complexity index is 913. The third kappa shape index (κ3) is 2.49. The molecule has 0 atom stereocenters. The van der Waals surface area contributed by atoms with E-state index >= 15 is 0 Å². The summed E-state index contributed by atoms with van der Waals surface area (Å²) in [6.07, 6.45) is 7.48. The second-order valence-electron chi connectivity index (χ2n) is 6.94. The third-order valence-electron chi connectivity index (χ3n) is 5.10. The zero-order valence-electron chi connectivity index (χ0n) is 13.4. The molecule has 122 valence electrons. The number of hydrogen-bond acceptors (Lipinski definition) is 3. The number of H-pyrrole nitrogens is 1. The monoisotopic (exact) mass is 322 g/mol. The van der Waals surface area contributed by atoms with Gasteiger partial charge >= 0.3 is 0 Å². The van der Waals surface area contributed by atoms with Crippen molar-refractivity contribution < 1.29 is 4.39 Å². The molecule has 1 aromatic carbocycles. The van der Waals surface area contributed by atoms with Crippen molar-refractivity contribution >= 4 is 10.9 Å². The van der Waals surface area contributed by atoms with Crippen molar-refractivity contribution in [3.8, 4) is 0 Å². The summed E-state index contributed by atoms with van der Waals surface area (Å²) in [5.41, 5.74) is 4.55. The van der Waals surface area contributed by atoms with E-state index in [0.717, 1.165) is 42.8 Å². The van der Waals surface area contributed by atoms with Crippen molar-refractivity contribution in [1.82, 2.24) is 19.9 Å². The SMILES string of the molecule is Fc1ccc2c(CN3CCc4nc(C5CC5)ncc4C3)c[nH]c2c1. The lowest BCUT2D eigenvalue weighted by molar-refractivity contribution is 0.243. The quantitative estimate of drug-likeness (QED) is 0.802. The molecular formula is C19H19FN4. The summed E-state index contributed by atoms with van der Waals surface area (Å²) < 4.78 is 13.3. The van der Waals surface area contributed by atoms with Crippen LogP contribution in [0.25, 0.3) is 10.9 Å². The Hall–Kier alpha value is -2.27. The molecule has 1 saturated carbocycles. The minimum atomic E-state index is -0.202. The van der Waals surface area contributed by atoms with Gasteiger partial charge in [0.1, 0.15) is 11.6 Å². The Morgan fingerprint density at radius 2 is 2.21 bits per heavy atom. The van der Waals surface area contributed by atoms with E-state index in [1.54, 1.807) is 6.07 Å². The van der Waals surface area contributed by atoms with Crippen LogP contribution in [0.1, 0.15) is 41.4 Å². The highest BCUT2D eigenvalue weighted by atomic mass is 19.1. The molecule has 0 radical (unpaired) electrons. The molecule has 0 amide bonds. The number of fused-ring (bicyclic) bond motifs is 2. The van der Waals surface area contributed by atoms with Gasteiger partial charge in [0.2, 0.25) is 0 Å². The van der Waals surface area contributed by atoms with E-state index in [-0.39, 0.29) is 5.82 Å². The van der Waals surface area contributed by atoms with Crippen molar-refractivity contribution in [3.05, 3.63) is 59.1 Å². The van der Waals surface area contributed by atoms with Gasteiger partial charge in [-0.15, -0.1) is 0 Å². The number of rotatable bonds is 3. The maximum absolute atomic E-state index is 13.3. The summed E-state index contributed by atoms with van der Waals surface area (Å²) >= 11 is 0. The van der Waals surface area contributed by atoms with E-state index in [0.29, 0.717) is 5.92 Å². The average Bonchev–Trinajstić information content (AvgIpc) is 3.37. The third-order valence-corrected chi connectivity index (χ3v) is 5.10. The summed E-state index contributed by atoms with van der Waals surface area (Å²) in [6.45, 7) is 2.74. The minimum Gasteiger partial charge on any atom is -0.361 e. The van der Waals surface area contributed by atoms with Crippen molar-refractivity contribution in [2.45, 2.75) is 38.3 Å². The highest BCUT2D eigenvalue weighted by Crippen LogP contribution is 2.38.